The zero-order valence-corrected chi connectivity index (χ0v) is 11.1. The monoisotopic (exact) mass is 366 g/mol. The molecular formula is C10H11F9O4. The Hall–Kier alpha value is -1.21. The van der Waals surface area contributed by atoms with E-state index in [1.54, 1.807) is 4.74 Å². The van der Waals surface area contributed by atoms with Crippen molar-refractivity contribution in [3.05, 3.63) is 12.8 Å². The quantitative estimate of drug-likeness (QED) is 0.316. The zero-order valence-electron chi connectivity index (χ0n) is 11.1. The Kier molecular flexibility index (Phi) is 7.63. The predicted molar refractivity (Wildman–Crippen MR) is 54.7 cm³/mol. The van der Waals surface area contributed by atoms with Crippen molar-refractivity contribution in [3.63, 3.8) is 0 Å². The number of alkyl halides is 9. The van der Waals surface area contributed by atoms with Gasteiger partial charge in [-0.25, -0.2) is 9.47 Å². The molecule has 4 nitrogen and oxygen atoms in total. The van der Waals surface area contributed by atoms with Crippen molar-refractivity contribution in [2.75, 3.05) is 19.8 Å². The molecule has 13 heteroatoms. The number of hydrogen-bond acceptors (Lipinski definition) is 4. The van der Waals surface area contributed by atoms with Crippen LogP contribution >= 0.6 is 0 Å². The molecule has 0 rings (SSSR count). The topological polar surface area (TPSA) is 36.9 Å². The van der Waals surface area contributed by atoms with Crippen molar-refractivity contribution >= 4 is 0 Å². The first-order chi connectivity index (χ1) is 10.2. The lowest BCUT2D eigenvalue weighted by molar-refractivity contribution is -0.530. The van der Waals surface area contributed by atoms with Crippen LogP contribution in [0, 0.1) is 0 Å². The molecule has 0 amide bonds. The first-order valence-electron chi connectivity index (χ1n) is 5.63. The highest BCUT2D eigenvalue weighted by atomic mass is 19.4. The molecule has 0 aromatic carbocycles. The van der Waals surface area contributed by atoms with Crippen molar-refractivity contribution in [3.8, 4) is 0 Å². The van der Waals surface area contributed by atoms with Crippen LogP contribution in [0.25, 0.3) is 0 Å². The second-order valence-corrected chi connectivity index (χ2v) is 3.76. The minimum atomic E-state index is -6.37. The maximum Gasteiger partial charge on any atom is 0.527 e. The molecule has 0 atom stereocenters. The van der Waals surface area contributed by atoms with Crippen LogP contribution in [0.1, 0.15) is 6.42 Å². The Morgan fingerprint density at radius 3 is 1.78 bits per heavy atom. The van der Waals surface area contributed by atoms with Crippen LogP contribution in [-0.4, -0.2) is 44.5 Å². The van der Waals surface area contributed by atoms with Crippen molar-refractivity contribution in [2.24, 2.45) is 0 Å². The average molecular weight is 366 g/mol. The van der Waals surface area contributed by atoms with Gasteiger partial charge in [-0.15, -0.1) is 13.2 Å². The summed E-state index contributed by atoms with van der Waals surface area (Å²) >= 11 is 0. The van der Waals surface area contributed by atoms with E-state index in [1.165, 1.54) is 0 Å². The summed E-state index contributed by atoms with van der Waals surface area (Å²) in [6.07, 6.45) is -22.8. The summed E-state index contributed by atoms with van der Waals surface area (Å²) < 4.78 is 124. The van der Waals surface area contributed by atoms with E-state index >= 15 is 0 Å². The van der Waals surface area contributed by atoms with E-state index in [2.05, 4.69) is 20.8 Å². The van der Waals surface area contributed by atoms with E-state index in [1.807, 2.05) is 0 Å². The summed E-state index contributed by atoms with van der Waals surface area (Å²) in [6, 6.07) is 0. The fraction of sp³-hybridized carbons (Fsp3) is 0.800. The molecule has 0 spiro atoms. The summed E-state index contributed by atoms with van der Waals surface area (Å²) in [7, 11) is 0. The minimum Gasteiger partial charge on any atom is -0.502 e. The third kappa shape index (κ3) is 8.86. The fourth-order valence-corrected chi connectivity index (χ4v) is 1.000. The van der Waals surface area contributed by atoms with Crippen LogP contribution in [0.2, 0.25) is 0 Å². The normalized spacial score (nSPS) is 14.0. The van der Waals surface area contributed by atoms with Crippen LogP contribution in [0.4, 0.5) is 39.5 Å². The van der Waals surface area contributed by atoms with Crippen LogP contribution < -0.4 is 0 Å². The maximum atomic E-state index is 12.9. The summed E-state index contributed by atoms with van der Waals surface area (Å²) in [6.45, 7) is 0.792. The van der Waals surface area contributed by atoms with E-state index in [-0.39, 0.29) is 13.0 Å². The number of rotatable bonds is 11. The summed E-state index contributed by atoms with van der Waals surface area (Å²) in [5.74, 6) is 0. The van der Waals surface area contributed by atoms with E-state index < -0.39 is 37.9 Å². The Morgan fingerprint density at radius 1 is 0.783 bits per heavy atom. The molecule has 0 heterocycles. The largest absolute Gasteiger partial charge is 0.527 e. The van der Waals surface area contributed by atoms with Crippen LogP contribution in [0.15, 0.2) is 12.8 Å². The molecule has 138 valence electrons. The molecule has 0 radical (unpaired) electrons. The Bertz CT molecular complexity index is 370. The molecule has 0 aliphatic rings. The molecule has 0 bridgehead atoms. The summed E-state index contributed by atoms with van der Waals surface area (Å²) in [5.41, 5.74) is 0. The van der Waals surface area contributed by atoms with E-state index in [9.17, 15) is 39.5 Å². The Morgan fingerprint density at radius 2 is 1.30 bits per heavy atom. The van der Waals surface area contributed by atoms with Gasteiger partial charge < -0.3 is 9.47 Å². The molecule has 0 saturated heterocycles. The van der Waals surface area contributed by atoms with Gasteiger partial charge in [0.15, 0.2) is 0 Å². The number of hydrogen-bond donors (Lipinski definition) is 0. The molecule has 0 unspecified atom stereocenters. The van der Waals surface area contributed by atoms with E-state index in [4.69, 9.17) is 0 Å². The van der Waals surface area contributed by atoms with Gasteiger partial charge in [0.2, 0.25) is 0 Å². The van der Waals surface area contributed by atoms with E-state index in [0.717, 1.165) is 6.26 Å². The van der Waals surface area contributed by atoms with Gasteiger partial charge in [-0.1, -0.05) is 6.58 Å². The lowest BCUT2D eigenvalue weighted by atomic mass is 10.5. The number of halogens is 9. The lowest BCUT2D eigenvalue weighted by Crippen LogP contribution is -2.51. The van der Waals surface area contributed by atoms with Gasteiger partial charge in [0.25, 0.3) is 0 Å². The van der Waals surface area contributed by atoms with Gasteiger partial charge in [-0.2, -0.15) is 26.3 Å². The average Bonchev–Trinajstić information content (AvgIpc) is 2.29. The molecule has 23 heavy (non-hydrogen) atoms. The Labute approximate surface area is 123 Å². The van der Waals surface area contributed by atoms with Gasteiger partial charge in [-0.05, 0) is 0 Å². The maximum absolute atomic E-state index is 12.9. The lowest BCUT2D eigenvalue weighted by Gasteiger charge is -2.29. The zero-order chi connectivity index (χ0) is 18.4. The predicted octanol–water partition coefficient (Wildman–Crippen LogP) is 3.88. The highest BCUT2D eigenvalue weighted by molar-refractivity contribution is 4.70. The van der Waals surface area contributed by atoms with Gasteiger partial charge in [0.05, 0.1) is 19.5 Å². The molecular weight excluding hydrogens is 355 g/mol. The number of ether oxygens (including phenoxy) is 4. The second-order valence-electron chi connectivity index (χ2n) is 3.76. The van der Waals surface area contributed by atoms with Crippen molar-refractivity contribution in [2.45, 2.75) is 31.1 Å². The second kappa shape index (κ2) is 8.06. The Balaban J connectivity index is 4.52. The highest BCUT2D eigenvalue weighted by Crippen LogP contribution is 2.43. The molecule has 0 aromatic rings. The summed E-state index contributed by atoms with van der Waals surface area (Å²) in [5, 5.41) is 0. The highest BCUT2D eigenvalue weighted by Gasteiger charge is 2.67. The molecule has 0 N–H and O–H groups in total. The van der Waals surface area contributed by atoms with Crippen LogP contribution in [0.5, 0.6) is 0 Å². The van der Waals surface area contributed by atoms with Gasteiger partial charge in [-0.3, -0.25) is 0 Å². The minimum absolute atomic E-state index is 0.0103. The van der Waals surface area contributed by atoms with Crippen molar-refractivity contribution in [1.29, 1.82) is 0 Å². The first-order valence-corrected chi connectivity index (χ1v) is 5.63. The summed E-state index contributed by atoms with van der Waals surface area (Å²) in [4.78, 5) is 0. The van der Waals surface area contributed by atoms with Gasteiger partial charge in [0.1, 0.15) is 6.61 Å². The first kappa shape index (κ1) is 21.8. The molecule has 0 aliphatic heterocycles. The van der Waals surface area contributed by atoms with Crippen LogP contribution in [-0.2, 0) is 18.9 Å². The smallest absolute Gasteiger partial charge is 0.502 e. The van der Waals surface area contributed by atoms with Crippen LogP contribution in [0.3, 0.4) is 0 Å². The fourth-order valence-electron chi connectivity index (χ4n) is 1.000. The van der Waals surface area contributed by atoms with E-state index in [0.29, 0.717) is 0 Å². The van der Waals surface area contributed by atoms with Crippen molar-refractivity contribution in [1.82, 2.24) is 0 Å². The molecule has 0 aromatic heterocycles. The van der Waals surface area contributed by atoms with Gasteiger partial charge >= 0.3 is 24.7 Å². The molecule has 0 saturated carbocycles. The third-order valence-electron chi connectivity index (χ3n) is 1.80. The SMILES string of the molecule is C=COCCCOCC(F)(F)OC(F)(F)C(F)(F)OC(F)(F)F. The molecule has 0 aliphatic carbocycles. The van der Waals surface area contributed by atoms with Crippen molar-refractivity contribution < 1.29 is 58.5 Å². The third-order valence-corrected chi connectivity index (χ3v) is 1.80. The van der Waals surface area contributed by atoms with Gasteiger partial charge in [0, 0.05) is 6.42 Å². The molecule has 0 fully saturated rings. The standard InChI is InChI=1S/C10H11F9O4/c1-2-20-4-3-5-21-6-7(11,12)22-8(13,14)9(15,16)23-10(17,18)19/h2H,1,3-6H2.